The summed E-state index contributed by atoms with van der Waals surface area (Å²) in [6, 6.07) is 20.6. The average Bonchev–Trinajstić information content (AvgIpc) is 2.75. The molecule has 0 saturated heterocycles. The Balaban J connectivity index is 1.94. The van der Waals surface area contributed by atoms with Crippen LogP contribution in [0.25, 0.3) is 0 Å². The second-order valence-electron chi connectivity index (χ2n) is 7.32. The summed E-state index contributed by atoms with van der Waals surface area (Å²) in [4.78, 5) is 1.28. The third kappa shape index (κ3) is 6.34. The Morgan fingerprint density at radius 3 is 1.84 bits per heavy atom. The third-order valence-electron chi connectivity index (χ3n) is 4.78. The normalized spacial score (nSPS) is 12.7. The van der Waals surface area contributed by atoms with Crippen LogP contribution in [0.5, 0.6) is 0 Å². The molecular weight excluding hydrogens is 528 g/mol. The van der Waals surface area contributed by atoms with Crippen molar-refractivity contribution in [2.75, 3.05) is 11.5 Å². The van der Waals surface area contributed by atoms with Crippen molar-refractivity contribution in [2.24, 2.45) is 0 Å². The lowest BCUT2D eigenvalue weighted by Gasteiger charge is -2.11. The predicted octanol–water partition coefficient (Wildman–Crippen LogP) is 5.99. The first-order valence-corrected chi connectivity index (χ1v) is 14.7. The first kappa shape index (κ1) is 24.8. The van der Waals surface area contributed by atoms with Crippen molar-refractivity contribution in [1.82, 2.24) is 0 Å². The van der Waals surface area contributed by atoms with Gasteiger partial charge in [-0.15, -0.1) is 11.8 Å². The lowest BCUT2D eigenvalue weighted by atomic mass is 10.2. The van der Waals surface area contributed by atoms with Gasteiger partial charge in [0.25, 0.3) is 0 Å². The predicted molar refractivity (Wildman–Crippen MR) is 135 cm³/mol. The van der Waals surface area contributed by atoms with E-state index >= 15 is 0 Å². The van der Waals surface area contributed by atoms with Gasteiger partial charge in [-0.05, 0) is 62.4 Å². The number of thioether (sulfide) groups is 1. The molecule has 3 rings (SSSR count). The van der Waals surface area contributed by atoms with E-state index in [4.69, 9.17) is 0 Å². The Morgan fingerprint density at radius 2 is 1.28 bits per heavy atom. The highest BCUT2D eigenvalue weighted by Gasteiger charge is 2.23. The largest absolute Gasteiger partial charge is 0.223 e. The van der Waals surface area contributed by atoms with Crippen molar-refractivity contribution >= 4 is 47.4 Å². The first-order valence-electron chi connectivity index (χ1n) is 9.76. The third-order valence-corrected chi connectivity index (χ3v) is 10.0. The van der Waals surface area contributed by atoms with E-state index in [9.17, 15) is 16.8 Å². The van der Waals surface area contributed by atoms with Gasteiger partial charge in [-0.2, -0.15) is 0 Å². The Bertz CT molecular complexity index is 1310. The van der Waals surface area contributed by atoms with Gasteiger partial charge < -0.3 is 0 Å². The van der Waals surface area contributed by atoms with Crippen LogP contribution in [0.15, 0.2) is 103 Å². The Labute approximate surface area is 202 Å². The van der Waals surface area contributed by atoms with E-state index in [-0.39, 0.29) is 20.4 Å². The van der Waals surface area contributed by atoms with Gasteiger partial charge in [0.15, 0.2) is 9.84 Å². The quantitative estimate of drug-likeness (QED) is 0.322. The van der Waals surface area contributed by atoms with Gasteiger partial charge in [-0.25, -0.2) is 16.8 Å². The van der Waals surface area contributed by atoms with E-state index in [1.165, 1.54) is 30.0 Å². The summed E-state index contributed by atoms with van der Waals surface area (Å²) < 4.78 is 53.0. The van der Waals surface area contributed by atoms with Gasteiger partial charge in [0, 0.05) is 15.1 Å². The molecule has 0 unspecified atom stereocenters. The second-order valence-corrected chi connectivity index (χ2v) is 13.3. The van der Waals surface area contributed by atoms with Crippen LogP contribution in [0.3, 0.4) is 0 Å². The molecule has 8 heteroatoms. The fraction of sp³-hybridized carbons (Fsp3) is 0.167. The molecule has 168 valence electrons. The summed E-state index contributed by atoms with van der Waals surface area (Å²) in [5.41, 5.74) is 2.06. The fourth-order valence-corrected chi connectivity index (χ4v) is 7.03. The fourth-order valence-electron chi connectivity index (χ4n) is 2.84. The lowest BCUT2D eigenvalue weighted by molar-refractivity contribution is 0.599. The molecule has 0 heterocycles. The van der Waals surface area contributed by atoms with Gasteiger partial charge in [0.1, 0.15) is 0 Å². The molecule has 0 aliphatic heterocycles. The van der Waals surface area contributed by atoms with E-state index in [1.54, 1.807) is 36.4 Å². The van der Waals surface area contributed by atoms with Crippen molar-refractivity contribution in [3.8, 4) is 0 Å². The minimum Gasteiger partial charge on any atom is -0.223 e. The molecule has 0 aromatic heterocycles. The Kier molecular flexibility index (Phi) is 8.03. The summed E-state index contributed by atoms with van der Waals surface area (Å²) in [5, 5.41) is 0. The minimum absolute atomic E-state index is 0.0704. The number of aryl methyl sites for hydroxylation is 2. The molecule has 0 radical (unpaired) electrons. The zero-order valence-electron chi connectivity index (χ0n) is 17.7. The van der Waals surface area contributed by atoms with E-state index in [1.807, 2.05) is 38.1 Å². The highest BCUT2D eigenvalue weighted by molar-refractivity contribution is 9.10. The van der Waals surface area contributed by atoms with Gasteiger partial charge in [0.2, 0.25) is 9.84 Å². The molecule has 0 aliphatic rings. The summed E-state index contributed by atoms with van der Waals surface area (Å²) >= 11 is 4.67. The highest BCUT2D eigenvalue weighted by atomic mass is 79.9. The maximum absolute atomic E-state index is 13.3. The van der Waals surface area contributed by atoms with Crippen molar-refractivity contribution in [3.63, 3.8) is 0 Å². The first-order chi connectivity index (χ1) is 15.1. The molecule has 0 amide bonds. The lowest BCUT2D eigenvalue weighted by Crippen LogP contribution is -2.11. The Morgan fingerprint density at radius 1 is 0.781 bits per heavy atom. The number of sulfone groups is 2. The van der Waals surface area contributed by atoms with Crippen LogP contribution in [0, 0.1) is 13.8 Å². The zero-order valence-corrected chi connectivity index (χ0v) is 21.7. The Hall–Kier alpha value is -1.87. The molecule has 3 aromatic carbocycles. The molecule has 3 aromatic rings. The van der Waals surface area contributed by atoms with Crippen LogP contribution in [-0.4, -0.2) is 28.3 Å². The van der Waals surface area contributed by atoms with Gasteiger partial charge in [-0.3, -0.25) is 0 Å². The van der Waals surface area contributed by atoms with Crippen molar-refractivity contribution < 1.29 is 16.8 Å². The molecule has 0 bridgehead atoms. The van der Waals surface area contributed by atoms with Crippen LogP contribution in [-0.2, 0) is 19.7 Å². The molecule has 4 nitrogen and oxygen atoms in total. The summed E-state index contributed by atoms with van der Waals surface area (Å²) in [6.07, 6.45) is 1.33. The standard InChI is InChI=1S/C24H23BrO4S3/c1-18-3-9-21(10-4-18)30-17-24(32(28,29)23-13-7-20(25)8-14-23)15-16-31(26,27)22-11-5-19(2)6-12-22/h3-15H,16-17H2,1-2H3. The number of hydrogen-bond acceptors (Lipinski definition) is 5. The monoisotopic (exact) mass is 550 g/mol. The van der Waals surface area contributed by atoms with Crippen molar-refractivity contribution in [1.29, 1.82) is 0 Å². The maximum atomic E-state index is 13.3. The molecule has 0 atom stereocenters. The zero-order chi connectivity index (χ0) is 23.4. The second kappa shape index (κ2) is 10.4. The summed E-state index contributed by atoms with van der Waals surface area (Å²) in [6.45, 7) is 3.86. The molecule has 0 aliphatic carbocycles. The molecule has 32 heavy (non-hydrogen) atoms. The molecule has 0 spiro atoms. The smallest absolute Gasteiger partial charge is 0.203 e. The van der Waals surface area contributed by atoms with Crippen LogP contribution in [0.1, 0.15) is 11.1 Å². The van der Waals surface area contributed by atoms with Crippen LogP contribution in [0.2, 0.25) is 0 Å². The van der Waals surface area contributed by atoms with Gasteiger partial charge in [-0.1, -0.05) is 57.4 Å². The number of hydrogen-bond donors (Lipinski definition) is 0. The van der Waals surface area contributed by atoms with Crippen LogP contribution < -0.4 is 0 Å². The molecule has 0 fully saturated rings. The summed E-state index contributed by atoms with van der Waals surface area (Å²) in [7, 11) is -7.52. The number of benzene rings is 3. The number of rotatable bonds is 8. The van der Waals surface area contributed by atoms with Crippen LogP contribution >= 0.6 is 27.7 Å². The number of halogens is 1. The highest BCUT2D eigenvalue weighted by Crippen LogP contribution is 2.28. The van der Waals surface area contributed by atoms with E-state index < -0.39 is 25.4 Å². The van der Waals surface area contributed by atoms with Gasteiger partial charge >= 0.3 is 0 Å². The average molecular weight is 552 g/mol. The minimum atomic E-state index is -3.85. The summed E-state index contributed by atoms with van der Waals surface area (Å²) in [5.74, 6) is -0.263. The molecule has 0 saturated carbocycles. The van der Waals surface area contributed by atoms with Crippen molar-refractivity contribution in [2.45, 2.75) is 28.5 Å². The van der Waals surface area contributed by atoms with Gasteiger partial charge in [0.05, 0.1) is 20.4 Å². The van der Waals surface area contributed by atoms with E-state index in [2.05, 4.69) is 15.9 Å². The topological polar surface area (TPSA) is 68.3 Å². The van der Waals surface area contributed by atoms with E-state index in [0.717, 1.165) is 20.5 Å². The molecule has 0 N–H and O–H groups in total. The SMILES string of the molecule is Cc1ccc(SCC(=CCS(=O)(=O)c2ccc(C)cc2)S(=O)(=O)c2ccc(Br)cc2)cc1. The van der Waals surface area contributed by atoms with Crippen molar-refractivity contribution in [3.05, 3.63) is 99.4 Å². The maximum Gasteiger partial charge on any atom is 0.203 e. The van der Waals surface area contributed by atoms with E-state index in [0.29, 0.717) is 0 Å². The molecular formula is C24H23BrO4S3. The van der Waals surface area contributed by atoms with Crippen LogP contribution in [0.4, 0.5) is 0 Å².